The number of benzene rings is 1. The van der Waals surface area contributed by atoms with Gasteiger partial charge in [-0.2, -0.15) is 13.2 Å². The normalized spacial score (nSPS) is 14.5. The second kappa shape index (κ2) is 10.8. The fourth-order valence-electron chi connectivity index (χ4n) is 4.11. The molecule has 1 amide bonds. The lowest BCUT2D eigenvalue weighted by Crippen LogP contribution is -2.26. The summed E-state index contributed by atoms with van der Waals surface area (Å²) in [4.78, 5) is 27.4. The first-order chi connectivity index (χ1) is 16.8. The van der Waals surface area contributed by atoms with Gasteiger partial charge >= 0.3 is 6.18 Å². The number of alkyl halides is 3. The summed E-state index contributed by atoms with van der Waals surface area (Å²) < 4.78 is 40.9. The van der Waals surface area contributed by atoms with Gasteiger partial charge in [-0.3, -0.25) is 4.79 Å². The van der Waals surface area contributed by atoms with E-state index >= 15 is 0 Å². The zero-order chi connectivity index (χ0) is 24.8. The van der Waals surface area contributed by atoms with Crippen molar-refractivity contribution in [2.45, 2.75) is 44.7 Å². The van der Waals surface area contributed by atoms with Gasteiger partial charge < -0.3 is 16.0 Å². The van der Waals surface area contributed by atoms with Crippen LogP contribution < -0.4 is 16.0 Å². The number of amides is 1. The number of piperidine rings is 1. The van der Waals surface area contributed by atoms with E-state index in [4.69, 9.17) is 0 Å². The number of nitrogens with one attached hydrogen (secondary N) is 3. The molecule has 3 N–H and O–H groups in total. The molecule has 3 aromatic rings. The number of anilines is 3. The third-order valence-electron chi connectivity index (χ3n) is 5.85. The van der Waals surface area contributed by atoms with Crippen molar-refractivity contribution >= 4 is 23.2 Å². The van der Waals surface area contributed by atoms with Crippen molar-refractivity contribution in [1.82, 2.24) is 25.3 Å². The van der Waals surface area contributed by atoms with Crippen LogP contribution >= 0.6 is 0 Å². The van der Waals surface area contributed by atoms with Crippen molar-refractivity contribution in [2.75, 3.05) is 23.7 Å². The van der Waals surface area contributed by atoms with Crippen LogP contribution in [0.5, 0.6) is 0 Å². The molecule has 1 fully saturated rings. The number of carbonyl (C=O) groups is 1. The van der Waals surface area contributed by atoms with Gasteiger partial charge in [0.05, 0.1) is 28.8 Å². The zero-order valence-electron chi connectivity index (χ0n) is 19.2. The summed E-state index contributed by atoms with van der Waals surface area (Å²) in [5.41, 5.74) is 1.65. The molecule has 0 unspecified atom stereocenters. The third-order valence-corrected chi connectivity index (χ3v) is 5.85. The van der Waals surface area contributed by atoms with Crippen molar-refractivity contribution in [1.29, 1.82) is 0 Å². The lowest BCUT2D eigenvalue weighted by Gasteiger charge is -2.23. The maximum Gasteiger partial charge on any atom is 0.419 e. The Bertz CT molecular complexity index is 1160. The molecule has 1 aromatic carbocycles. The molecule has 0 aliphatic carbocycles. The first-order valence-corrected chi connectivity index (χ1v) is 11.4. The van der Waals surface area contributed by atoms with Crippen LogP contribution in [0.3, 0.4) is 0 Å². The van der Waals surface area contributed by atoms with Crippen LogP contribution in [-0.4, -0.2) is 38.9 Å². The quantitative estimate of drug-likeness (QED) is 0.460. The fraction of sp³-hybridized carbons (Fsp3) is 0.375. The van der Waals surface area contributed by atoms with Crippen molar-refractivity contribution in [2.24, 2.45) is 0 Å². The van der Waals surface area contributed by atoms with E-state index in [2.05, 4.69) is 35.9 Å². The molecule has 0 bridgehead atoms. The molecule has 0 saturated carbocycles. The van der Waals surface area contributed by atoms with Crippen molar-refractivity contribution in [3.05, 3.63) is 65.5 Å². The average Bonchev–Trinajstić information content (AvgIpc) is 2.83. The first-order valence-electron chi connectivity index (χ1n) is 11.4. The van der Waals surface area contributed by atoms with Gasteiger partial charge in [0, 0.05) is 18.8 Å². The number of hydrogen-bond donors (Lipinski definition) is 3. The Morgan fingerprint density at radius 2 is 1.77 bits per heavy atom. The van der Waals surface area contributed by atoms with E-state index in [1.165, 1.54) is 25.0 Å². The minimum atomic E-state index is -4.60. The SMILES string of the molecule is CC(=O)Nc1cncnc1CCc1nc(Nc2ccc(C3CCNCC3)cc2)ncc1C(F)(F)F. The van der Waals surface area contributed by atoms with E-state index < -0.39 is 11.7 Å². The molecule has 11 heteroatoms. The van der Waals surface area contributed by atoms with E-state index in [1.807, 2.05) is 24.3 Å². The van der Waals surface area contributed by atoms with Gasteiger partial charge in [-0.15, -0.1) is 0 Å². The molecule has 0 atom stereocenters. The monoisotopic (exact) mass is 485 g/mol. The van der Waals surface area contributed by atoms with E-state index in [0.717, 1.165) is 32.1 Å². The largest absolute Gasteiger partial charge is 0.419 e. The Kier molecular flexibility index (Phi) is 7.54. The number of aryl methyl sites for hydroxylation is 2. The number of rotatable bonds is 7. The summed E-state index contributed by atoms with van der Waals surface area (Å²) in [6, 6.07) is 7.83. The Balaban J connectivity index is 1.52. The van der Waals surface area contributed by atoms with Crippen molar-refractivity contribution < 1.29 is 18.0 Å². The predicted molar refractivity (Wildman–Crippen MR) is 125 cm³/mol. The van der Waals surface area contributed by atoms with Crippen LogP contribution in [0.2, 0.25) is 0 Å². The van der Waals surface area contributed by atoms with Crippen molar-refractivity contribution in [3.63, 3.8) is 0 Å². The highest BCUT2D eigenvalue weighted by Gasteiger charge is 2.35. The second-order valence-electron chi connectivity index (χ2n) is 8.39. The summed E-state index contributed by atoms with van der Waals surface area (Å²) in [6.07, 6.45) is 1.12. The molecule has 184 valence electrons. The van der Waals surface area contributed by atoms with Crippen LogP contribution in [0.25, 0.3) is 0 Å². The van der Waals surface area contributed by atoms with Crippen LogP contribution in [0.1, 0.15) is 48.2 Å². The van der Waals surface area contributed by atoms with Gasteiger partial charge in [0.25, 0.3) is 0 Å². The molecule has 1 aliphatic rings. The Morgan fingerprint density at radius 3 is 2.46 bits per heavy atom. The van der Waals surface area contributed by atoms with Crippen LogP contribution in [0, 0.1) is 0 Å². The van der Waals surface area contributed by atoms with Crippen LogP contribution in [0.4, 0.5) is 30.5 Å². The van der Waals surface area contributed by atoms with Crippen LogP contribution in [-0.2, 0) is 23.8 Å². The van der Waals surface area contributed by atoms with E-state index in [1.54, 1.807) is 0 Å². The maximum absolute atomic E-state index is 13.6. The van der Waals surface area contributed by atoms with Crippen LogP contribution in [0.15, 0.2) is 43.0 Å². The van der Waals surface area contributed by atoms with Gasteiger partial charge in [0.15, 0.2) is 0 Å². The molecule has 4 rings (SSSR count). The molecule has 0 spiro atoms. The molecule has 0 radical (unpaired) electrons. The van der Waals surface area contributed by atoms with E-state index in [-0.39, 0.29) is 30.4 Å². The summed E-state index contributed by atoms with van der Waals surface area (Å²) in [5, 5.41) is 8.94. The van der Waals surface area contributed by atoms with E-state index in [9.17, 15) is 18.0 Å². The Morgan fingerprint density at radius 1 is 1.06 bits per heavy atom. The molecular formula is C24H26F3N7O. The molecule has 1 aliphatic heterocycles. The summed E-state index contributed by atoms with van der Waals surface area (Å²) in [5.74, 6) is 0.257. The third kappa shape index (κ3) is 6.50. The second-order valence-corrected chi connectivity index (χ2v) is 8.39. The zero-order valence-corrected chi connectivity index (χ0v) is 19.2. The first kappa shape index (κ1) is 24.5. The molecule has 8 nitrogen and oxygen atoms in total. The van der Waals surface area contributed by atoms with Gasteiger partial charge in [-0.1, -0.05) is 12.1 Å². The number of nitrogens with zero attached hydrogens (tertiary/aromatic N) is 4. The lowest BCUT2D eigenvalue weighted by molar-refractivity contribution is -0.138. The maximum atomic E-state index is 13.6. The summed E-state index contributed by atoms with van der Waals surface area (Å²) in [6.45, 7) is 3.32. The number of hydrogen-bond acceptors (Lipinski definition) is 7. The topological polar surface area (TPSA) is 105 Å². The predicted octanol–water partition coefficient (Wildman–Crippen LogP) is 4.24. The number of carbonyl (C=O) groups excluding carboxylic acids is 1. The van der Waals surface area contributed by atoms with Gasteiger partial charge in [-0.25, -0.2) is 19.9 Å². The Labute approximate surface area is 200 Å². The summed E-state index contributed by atoms with van der Waals surface area (Å²) in [7, 11) is 0. The smallest absolute Gasteiger partial charge is 0.324 e. The standard InChI is InChI=1S/C24H26F3N7O/c1-15(35)32-22-13-29-14-31-21(22)7-6-20-19(24(25,26)27)12-30-23(34-20)33-18-4-2-16(3-5-18)17-8-10-28-11-9-17/h2-5,12-14,17,28H,6-11H2,1H3,(H,32,35)(H,30,33,34). The Hall–Kier alpha value is -3.60. The number of aromatic nitrogens is 4. The number of halogens is 3. The summed E-state index contributed by atoms with van der Waals surface area (Å²) >= 11 is 0. The van der Waals surface area contributed by atoms with E-state index in [0.29, 0.717) is 23.0 Å². The minimum Gasteiger partial charge on any atom is -0.324 e. The fourth-order valence-corrected chi connectivity index (χ4v) is 4.11. The molecule has 3 heterocycles. The van der Waals surface area contributed by atoms with Gasteiger partial charge in [0.2, 0.25) is 11.9 Å². The highest BCUT2D eigenvalue weighted by Crippen LogP contribution is 2.32. The van der Waals surface area contributed by atoms with Gasteiger partial charge in [-0.05, 0) is 62.4 Å². The van der Waals surface area contributed by atoms with Gasteiger partial charge in [0.1, 0.15) is 6.33 Å². The highest BCUT2D eigenvalue weighted by atomic mass is 19.4. The van der Waals surface area contributed by atoms with Crippen molar-refractivity contribution in [3.8, 4) is 0 Å². The molecule has 2 aromatic heterocycles. The molecule has 35 heavy (non-hydrogen) atoms. The highest BCUT2D eigenvalue weighted by molar-refractivity contribution is 5.89. The average molecular weight is 486 g/mol. The lowest BCUT2D eigenvalue weighted by atomic mass is 9.90. The minimum absolute atomic E-state index is 0.0513. The molecule has 1 saturated heterocycles. The molecular weight excluding hydrogens is 459 g/mol.